The highest BCUT2D eigenvalue weighted by Gasteiger charge is 2.13. The van der Waals surface area contributed by atoms with Crippen molar-refractivity contribution in [2.45, 2.75) is 26.6 Å². The fraction of sp³-hybridized carbons (Fsp3) is 0.385. The topological polar surface area (TPSA) is 83.4 Å². The van der Waals surface area contributed by atoms with Gasteiger partial charge >= 0.3 is 0 Å². The molecule has 6 nitrogen and oxygen atoms in total. The number of rotatable bonds is 6. The molecule has 0 radical (unpaired) electrons. The van der Waals surface area contributed by atoms with E-state index in [2.05, 4.69) is 10.1 Å². The van der Waals surface area contributed by atoms with Gasteiger partial charge in [0.15, 0.2) is 12.4 Å². The predicted molar refractivity (Wildman–Crippen MR) is 69.5 cm³/mol. The summed E-state index contributed by atoms with van der Waals surface area (Å²) in [4.78, 5) is 4.21. The maximum Gasteiger partial charge on any atom is 0.264 e. The van der Waals surface area contributed by atoms with Gasteiger partial charge in [0, 0.05) is 12.3 Å². The van der Waals surface area contributed by atoms with Gasteiger partial charge in [-0.3, -0.25) is 0 Å². The van der Waals surface area contributed by atoms with Crippen LogP contribution < -0.4 is 10.5 Å². The lowest BCUT2D eigenvalue weighted by atomic mass is 10.3. The Balaban J connectivity index is 1.91. The van der Waals surface area contributed by atoms with Gasteiger partial charge in [-0.05, 0) is 38.1 Å². The van der Waals surface area contributed by atoms with Crippen LogP contribution in [0.1, 0.15) is 31.7 Å². The van der Waals surface area contributed by atoms with E-state index >= 15 is 0 Å². The number of nitrogens with two attached hydrogens (primary N) is 1. The minimum atomic E-state index is -0.181. The largest absolute Gasteiger partial charge is 0.484 e. The molecule has 0 fully saturated rings. The number of ether oxygens (including phenoxy) is 2. The van der Waals surface area contributed by atoms with Crippen molar-refractivity contribution >= 4 is 5.69 Å². The quantitative estimate of drug-likeness (QED) is 0.805. The van der Waals surface area contributed by atoms with Crippen LogP contribution in [0.15, 0.2) is 28.8 Å². The molecule has 1 atom stereocenters. The molecule has 0 saturated carbocycles. The van der Waals surface area contributed by atoms with E-state index in [0.29, 0.717) is 29.8 Å². The van der Waals surface area contributed by atoms with E-state index in [9.17, 15) is 0 Å². The Morgan fingerprint density at radius 3 is 2.74 bits per heavy atom. The van der Waals surface area contributed by atoms with Crippen molar-refractivity contribution in [3.05, 3.63) is 36.0 Å². The molecule has 0 aliphatic rings. The number of aromatic nitrogens is 2. The summed E-state index contributed by atoms with van der Waals surface area (Å²) in [6, 6.07) is 7.11. The van der Waals surface area contributed by atoms with Crippen LogP contribution in [0.4, 0.5) is 5.69 Å². The number of anilines is 1. The highest BCUT2D eigenvalue weighted by molar-refractivity contribution is 5.41. The summed E-state index contributed by atoms with van der Waals surface area (Å²) in [5.41, 5.74) is 6.28. The first-order valence-corrected chi connectivity index (χ1v) is 6.11. The zero-order valence-electron chi connectivity index (χ0n) is 11.0. The van der Waals surface area contributed by atoms with Crippen LogP contribution in [-0.4, -0.2) is 16.7 Å². The second kappa shape index (κ2) is 6.19. The lowest BCUT2D eigenvalue weighted by Crippen LogP contribution is -2.02. The van der Waals surface area contributed by atoms with E-state index in [0.717, 1.165) is 0 Å². The van der Waals surface area contributed by atoms with E-state index in [1.165, 1.54) is 0 Å². The van der Waals surface area contributed by atoms with E-state index in [4.69, 9.17) is 19.7 Å². The smallest absolute Gasteiger partial charge is 0.264 e. The lowest BCUT2D eigenvalue weighted by Gasteiger charge is -2.05. The summed E-state index contributed by atoms with van der Waals surface area (Å²) in [5.74, 6) is 1.64. The van der Waals surface area contributed by atoms with Crippen molar-refractivity contribution < 1.29 is 14.0 Å². The van der Waals surface area contributed by atoms with Gasteiger partial charge in [-0.25, -0.2) is 0 Å². The highest BCUT2D eigenvalue weighted by atomic mass is 16.5. The summed E-state index contributed by atoms with van der Waals surface area (Å²) in [5, 5.41) is 3.85. The molecule has 6 heteroatoms. The third-order valence-corrected chi connectivity index (χ3v) is 2.51. The van der Waals surface area contributed by atoms with Gasteiger partial charge in [0.1, 0.15) is 11.9 Å². The van der Waals surface area contributed by atoms with Gasteiger partial charge in [0.05, 0.1) is 0 Å². The second-order valence-electron chi connectivity index (χ2n) is 4.00. The Hall–Kier alpha value is -2.08. The van der Waals surface area contributed by atoms with Gasteiger partial charge in [-0.2, -0.15) is 4.98 Å². The molecule has 2 rings (SSSR count). The third kappa shape index (κ3) is 3.69. The molecule has 1 aromatic heterocycles. The van der Waals surface area contributed by atoms with Crippen LogP contribution in [0.25, 0.3) is 0 Å². The SMILES string of the molecule is CCOC(C)c1noc(COc2ccc(N)cc2)n1. The molecule has 2 aromatic rings. The Kier molecular flexibility index (Phi) is 4.35. The predicted octanol–water partition coefficient (Wildman–Crippen LogP) is 2.33. The molecule has 1 heterocycles. The molecule has 0 amide bonds. The summed E-state index contributed by atoms with van der Waals surface area (Å²) in [6.45, 7) is 4.61. The summed E-state index contributed by atoms with van der Waals surface area (Å²) < 4.78 is 16.0. The molecular weight excluding hydrogens is 246 g/mol. The van der Waals surface area contributed by atoms with Gasteiger partial charge in [-0.1, -0.05) is 5.16 Å². The Labute approximate surface area is 111 Å². The molecule has 1 aromatic carbocycles. The van der Waals surface area contributed by atoms with Crippen LogP contribution in [0.3, 0.4) is 0 Å². The van der Waals surface area contributed by atoms with E-state index in [1.54, 1.807) is 24.3 Å². The number of nitrogen functional groups attached to an aromatic ring is 1. The fourth-order valence-electron chi connectivity index (χ4n) is 1.53. The molecule has 0 bridgehead atoms. The first kappa shape index (κ1) is 13.4. The molecule has 0 aliphatic carbocycles. The molecule has 1 unspecified atom stereocenters. The van der Waals surface area contributed by atoms with Crippen molar-refractivity contribution in [2.24, 2.45) is 0 Å². The van der Waals surface area contributed by atoms with E-state index in [-0.39, 0.29) is 12.7 Å². The van der Waals surface area contributed by atoms with Gasteiger partial charge < -0.3 is 19.7 Å². The maximum absolute atomic E-state index is 5.59. The number of hydrogen-bond donors (Lipinski definition) is 1. The zero-order valence-corrected chi connectivity index (χ0v) is 11.0. The number of nitrogens with zero attached hydrogens (tertiary/aromatic N) is 2. The van der Waals surface area contributed by atoms with Crippen molar-refractivity contribution in [3.8, 4) is 5.75 Å². The average molecular weight is 263 g/mol. The molecule has 19 heavy (non-hydrogen) atoms. The van der Waals surface area contributed by atoms with Crippen LogP contribution >= 0.6 is 0 Å². The van der Waals surface area contributed by atoms with Crippen molar-refractivity contribution in [1.82, 2.24) is 10.1 Å². The first-order chi connectivity index (χ1) is 9.19. The molecule has 0 saturated heterocycles. The van der Waals surface area contributed by atoms with Crippen molar-refractivity contribution in [2.75, 3.05) is 12.3 Å². The van der Waals surface area contributed by atoms with Gasteiger partial charge in [0.25, 0.3) is 5.89 Å². The highest BCUT2D eigenvalue weighted by Crippen LogP contribution is 2.16. The van der Waals surface area contributed by atoms with Crippen LogP contribution in [-0.2, 0) is 11.3 Å². The molecule has 0 aliphatic heterocycles. The average Bonchev–Trinajstić information content (AvgIpc) is 2.87. The van der Waals surface area contributed by atoms with Gasteiger partial charge in [0.2, 0.25) is 0 Å². The van der Waals surface area contributed by atoms with Crippen molar-refractivity contribution in [3.63, 3.8) is 0 Å². The number of benzene rings is 1. The summed E-state index contributed by atoms with van der Waals surface area (Å²) in [7, 11) is 0. The minimum absolute atomic E-state index is 0.181. The molecule has 2 N–H and O–H groups in total. The second-order valence-corrected chi connectivity index (χ2v) is 4.00. The van der Waals surface area contributed by atoms with E-state index < -0.39 is 0 Å². The summed E-state index contributed by atoms with van der Waals surface area (Å²) in [6.07, 6.45) is -0.181. The molecule has 0 spiro atoms. The van der Waals surface area contributed by atoms with Crippen LogP contribution in [0, 0.1) is 0 Å². The Morgan fingerprint density at radius 2 is 2.05 bits per heavy atom. The van der Waals surface area contributed by atoms with Gasteiger partial charge in [-0.15, -0.1) is 0 Å². The molecular formula is C13H17N3O3. The first-order valence-electron chi connectivity index (χ1n) is 6.11. The van der Waals surface area contributed by atoms with Crippen LogP contribution in [0.2, 0.25) is 0 Å². The number of hydrogen-bond acceptors (Lipinski definition) is 6. The lowest BCUT2D eigenvalue weighted by molar-refractivity contribution is 0.0683. The minimum Gasteiger partial charge on any atom is -0.484 e. The summed E-state index contributed by atoms with van der Waals surface area (Å²) >= 11 is 0. The Bertz CT molecular complexity index is 510. The zero-order chi connectivity index (χ0) is 13.7. The van der Waals surface area contributed by atoms with Crippen molar-refractivity contribution in [1.29, 1.82) is 0 Å². The molecule has 102 valence electrons. The fourth-order valence-corrected chi connectivity index (χ4v) is 1.53. The maximum atomic E-state index is 5.59. The Morgan fingerprint density at radius 1 is 1.32 bits per heavy atom. The normalized spacial score (nSPS) is 12.3. The monoisotopic (exact) mass is 263 g/mol. The standard InChI is InChI=1S/C13H17N3O3/c1-3-17-9(2)13-15-12(19-16-13)8-18-11-6-4-10(14)5-7-11/h4-7,9H,3,8,14H2,1-2H3. The van der Waals surface area contributed by atoms with Crippen LogP contribution in [0.5, 0.6) is 5.75 Å². The van der Waals surface area contributed by atoms with E-state index in [1.807, 2.05) is 13.8 Å². The third-order valence-electron chi connectivity index (χ3n) is 2.51.